The summed E-state index contributed by atoms with van der Waals surface area (Å²) >= 11 is 12.5. The van der Waals surface area contributed by atoms with E-state index in [4.69, 9.17) is 28.2 Å². The van der Waals surface area contributed by atoms with Crippen molar-refractivity contribution in [2.24, 2.45) is 26.8 Å². The van der Waals surface area contributed by atoms with Gasteiger partial charge in [-0.2, -0.15) is 0 Å². The van der Waals surface area contributed by atoms with Gasteiger partial charge in [0.1, 0.15) is 11.9 Å². The fourth-order valence-electron chi connectivity index (χ4n) is 5.26. The number of hydrogen-bond acceptors (Lipinski definition) is 7. The first kappa shape index (κ1) is 25.2. The molecule has 2 N–H and O–H groups in total. The fraction of sp³-hybridized carbons (Fsp3) is 0.560. The normalized spacial score (nSPS) is 26.8. The molecule has 0 aromatic heterocycles. The lowest BCUT2D eigenvalue weighted by Crippen LogP contribution is -2.56. The summed E-state index contributed by atoms with van der Waals surface area (Å²) < 4.78 is 0. The first-order valence-electron chi connectivity index (χ1n) is 11.9. The minimum absolute atomic E-state index is 0.0611. The number of nitrogens with one attached hydrogen (secondary N) is 1. The topological polar surface area (TPSA) is 75.8 Å². The summed E-state index contributed by atoms with van der Waals surface area (Å²) in [6.45, 7) is 14.7. The number of piperidine rings is 1. The molecule has 1 aromatic carbocycles. The van der Waals surface area contributed by atoms with E-state index >= 15 is 0 Å². The fourth-order valence-corrected chi connectivity index (χ4v) is 5.83. The largest absolute Gasteiger partial charge is 0.395 e. The Labute approximate surface area is 212 Å². The Kier molecular flexibility index (Phi) is 8.30. The average Bonchev–Trinajstić information content (AvgIpc) is 2.78. The van der Waals surface area contributed by atoms with E-state index in [1.54, 1.807) is 6.07 Å². The van der Waals surface area contributed by atoms with Crippen molar-refractivity contribution in [1.82, 2.24) is 15.1 Å². The molecular weight excluding hydrogens is 471 g/mol. The number of amidine groups is 1. The Morgan fingerprint density at radius 1 is 1.21 bits per heavy atom. The third-order valence-electron chi connectivity index (χ3n) is 7.20. The first-order chi connectivity index (χ1) is 16.4. The summed E-state index contributed by atoms with van der Waals surface area (Å²) in [4.78, 5) is 18.1. The summed E-state index contributed by atoms with van der Waals surface area (Å²) in [5.41, 5.74) is 1.86. The standard InChI is InChI=1S/C25H34Cl2N6O/c1-16(20-7-6-19(26)11-21(20)27)30-22-12-23(31-25(29-3)24(22)28-2)33-14-18(15-33)17-5-4-8-32(13-17)9-10-34/h6-7,11-12,16-18,24-25,30,34H,2-5,8-10,13-15H2,1H3. The van der Waals surface area contributed by atoms with Crippen molar-refractivity contribution in [2.45, 2.75) is 38.0 Å². The van der Waals surface area contributed by atoms with Gasteiger partial charge in [0.2, 0.25) is 0 Å². The van der Waals surface area contributed by atoms with Gasteiger partial charge in [-0.05, 0) is 69.3 Å². The van der Waals surface area contributed by atoms with Crippen molar-refractivity contribution in [3.8, 4) is 0 Å². The van der Waals surface area contributed by atoms with Crippen LogP contribution in [0.5, 0.6) is 0 Å². The number of nitrogens with zero attached hydrogens (tertiary/aromatic N) is 5. The van der Waals surface area contributed by atoms with Crippen LogP contribution in [0.3, 0.4) is 0 Å². The Hall–Kier alpha value is -1.93. The van der Waals surface area contributed by atoms with Crippen molar-refractivity contribution in [1.29, 1.82) is 0 Å². The van der Waals surface area contributed by atoms with Crippen LogP contribution in [-0.4, -0.2) is 85.7 Å². The van der Waals surface area contributed by atoms with Crippen molar-refractivity contribution in [3.63, 3.8) is 0 Å². The Balaban J connectivity index is 1.45. The number of rotatable bonds is 8. The second-order valence-corrected chi connectivity index (χ2v) is 10.3. The Morgan fingerprint density at radius 3 is 2.68 bits per heavy atom. The van der Waals surface area contributed by atoms with E-state index in [0.717, 1.165) is 49.8 Å². The maximum atomic E-state index is 9.29. The van der Waals surface area contributed by atoms with Crippen LogP contribution >= 0.6 is 23.2 Å². The molecule has 2 fully saturated rings. The maximum Gasteiger partial charge on any atom is 0.168 e. The average molecular weight is 505 g/mol. The number of aliphatic hydroxyl groups excluding tert-OH is 1. The highest BCUT2D eigenvalue weighted by molar-refractivity contribution is 6.35. The lowest BCUT2D eigenvalue weighted by molar-refractivity contribution is 0.0550. The molecule has 7 nitrogen and oxygen atoms in total. The van der Waals surface area contributed by atoms with Gasteiger partial charge in [-0.3, -0.25) is 9.98 Å². The second kappa shape index (κ2) is 11.2. The third-order valence-corrected chi connectivity index (χ3v) is 7.77. The van der Waals surface area contributed by atoms with Crippen LogP contribution < -0.4 is 5.32 Å². The van der Waals surface area contributed by atoms with Crippen LogP contribution in [0.25, 0.3) is 0 Å². The highest BCUT2D eigenvalue weighted by atomic mass is 35.5. The van der Waals surface area contributed by atoms with E-state index in [2.05, 4.69) is 51.5 Å². The van der Waals surface area contributed by atoms with Crippen molar-refractivity contribution in [3.05, 3.63) is 45.6 Å². The lowest BCUT2D eigenvalue weighted by Gasteiger charge is -2.48. The molecular formula is C25H34Cl2N6O. The molecule has 3 aliphatic rings. The molecule has 184 valence electrons. The van der Waals surface area contributed by atoms with Crippen molar-refractivity contribution < 1.29 is 5.11 Å². The van der Waals surface area contributed by atoms with Gasteiger partial charge < -0.3 is 20.2 Å². The molecule has 0 saturated carbocycles. The predicted molar refractivity (Wildman–Crippen MR) is 142 cm³/mol. The molecule has 0 bridgehead atoms. The monoisotopic (exact) mass is 504 g/mol. The summed E-state index contributed by atoms with van der Waals surface area (Å²) in [5.74, 6) is 2.23. The minimum atomic E-state index is -0.415. The number of aliphatic imine (C=N–C) groups is 3. The van der Waals surface area contributed by atoms with E-state index in [0.29, 0.717) is 21.9 Å². The van der Waals surface area contributed by atoms with Crippen LogP contribution in [0.1, 0.15) is 31.4 Å². The van der Waals surface area contributed by atoms with Crippen molar-refractivity contribution in [2.75, 3.05) is 39.3 Å². The zero-order valence-electron chi connectivity index (χ0n) is 19.7. The highest BCUT2D eigenvalue weighted by Gasteiger charge is 2.39. The van der Waals surface area contributed by atoms with Gasteiger partial charge >= 0.3 is 0 Å². The number of β-amino-alcohol motifs (C(OH)–C–C–N with tert-alkyl or cyclic N) is 1. The molecule has 2 saturated heterocycles. The van der Waals surface area contributed by atoms with Gasteiger partial charge in [-0.15, -0.1) is 0 Å². The summed E-state index contributed by atoms with van der Waals surface area (Å²) in [5, 5.41) is 14.1. The molecule has 4 rings (SSSR count). The van der Waals surface area contributed by atoms with Crippen LogP contribution in [0.15, 0.2) is 44.9 Å². The van der Waals surface area contributed by atoms with Gasteiger partial charge in [-0.25, -0.2) is 4.99 Å². The SMILES string of the molecule is C=NC1N=C(N2CC(C3CCCN(CCO)C3)C2)C=C(NC(C)c2ccc(Cl)cc2Cl)C1N=C. The van der Waals surface area contributed by atoms with E-state index in [1.807, 2.05) is 12.1 Å². The summed E-state index contributed by atoms with van der Waals surface area (Å²) in [7, 11) is 0. The molecule has 1 aromatic rings. The number of aliphatic hydroxyl groups is 1. The first-order valence-corrected chi connectivity index (χ1v) is 12.7. The van der Waals surface area contributed by atoms with Gasteiger partial charge in [-0.1, -0.05) is 29.3 Å². The zero-order chi connectivity index (χ0) is 24.2. The Morgan fingerprint density at radius 2 is 2.00 bits per heavy atom. The minimum Gasteiger partial charge on any atom is -0.395 e. The molecule has 4 atom stereocenters. The van der Waals surface area contributed by atoms with Crippen molar-refractivity contribution >= 4 is 42.5 Å². The summed E-state index contributed by atoms with van der Waals surface area (Å²) in [6.07, 6.45) is 4.11. The van der Waals surface area contributed by atoms with Gasteiger partial charge in [0.25, 0.3) is 0 Å². The van der Waals surface area contributed by atoms with Gasteiger partial charge in [0, 0.05) is 54.0 Å². The van der Waals surface area contributed by atoms with Crippen LogP contribution in [0.2, 0.25) is 10.0 Å². The van der Waals surface area contributed by atoms with E-state index in [9.17, 15) is 5.11 Å². The van der Waals surface area contributed by atoms with E-state index in [-0.39, 0.29) is 18.7 Å². The molecule has 34 heavy (non-hydrogen) atoms. The lowest BCUT2D eigenvalue weighted by atomic mass is 9.80. The number of benzene rings is 1. The van der Waals surface area contributed by atoms with Gasteiger partial charge in [0.05, 0.1) is 6.61 Å². The number of dihydropyridines is 1. The molecule has 0 spiro atoms. The number of hydrogen-bond donors (Lipinski definition) is 2. The third kappa shape index (κ3) is 5.48. The van der Waals surface area contributed by atoms with Crippen LogP contribution in [0.4, 0.5) is 0 Å². The molecule has 0 amide bonds. The maximum absolute atomic E-state index is 9.29. The van der Waals surface area contributed by atoms with Crippen LogP contribution in [0, 0.1) is 11.8 Å². The second-order valence-electron chi connectivity index (χ2n) is 9.43. The van der Waals surface area contributed by atoms with Gasteiger partial charge in [0.15, 0.2) is 6.17 Å². The van der Waals surface area contributed by atoms with E-state index < -0.39 is 6.17 Å². The Bertz CT molecular complexity index is 959. The zero-order valence-corrected chi connectivity index (χ0v) is 21.2. The molecule has 9 heteroatoms. The summed E-state index contributed by atoms with van der Waals surface area (Å²) in [6, 6.07) is 5.15. The molecule has 3 heterocycles. The molecule has 4 unspecified atom stereocenters. The highest BCUT2D eigenvalue weighted by Crippen LogP contribution is 2.33. The van der Waals surface area contributed by atoms with Crippen LogP contribution in [-0.2, 0) is 0 Å². The molecule has 0 radical (unpaired) electrons. The number of halogens is 2. The molecule has 0 aliphatic carbocycles. The number of likely N-dealkylation sites (tertiary alicyclic amines) is 2. The molecule has 3 aliphatic heterocycles. The quantitative estimate of drug-likeness (QED) is 0.529. The van der Waals surface area contributed by atoms with E-state index in [1.165, 1.54) is 12.8 Å². The smallest absolute Gasteiger partial charge is 0.168 e. The predicted octanol–water partition coefficient (Wildman–Crippen LogP) is 3.67.